The summed E-state index contributed by atoms with van der Waals surface area (Å²) in [6, 6.07) is 10.2. The molecule has 0 amide bonds. The molecule has 0 radical (unpaired) electrons. The van der Waals surface area contributed by atoms with E-state index < -0.39 is 17.8 Å². The normalized spacial score (nSPS) is 11.9. The van der Waals surface area contributed by atoms with Crippen molar-refractivity contribution in [2.75, 3.05) is 5.32 Å². The molecule has 0 aliphatic carbocycles. The standard InChI is InChI=1S/C15H13ClFNO2/c1-9-2-5-11(6-3-9)18-14(15(19)20)10-4-7-13(17)12(16)8-10/h2-8,14,18H,1H3,(H,19,20). The molecule has 0 aromatic heterocycles. The van der Waals surface area contributed by atoms with E-state index in [1.165, 1.54) is 12.1 Å². The number of nitrogens with one attached hydrogen (secondary N) is 1. The van der Waals surface area contributed by atoms with Crippen molar-refractivity contribution in [3.8, 4) is 0 Å². The number of carboxylic acid groups (broad SMARTS) is 1. The van der Waals surface area contributed by atoms with Gasteiger partial charge >= 0.3 is 5.97 Å². The van der Waals surface area contributed by atoms with E-state index in [-0.39, 0.29) is 5.02 Å². The van der Waals surface area contributed by atoms with Crippen molar-refractivity contribution in [2.45, 2.75) is 13.0 Å². The predicted molar refractivity (Wildman–Crippen MR) is 76.6 cm³/mol. The Hall–Kier alpha value is -2.07. The maximum atomic E-state index is 13.1. The van der Waals surface area contributed by atoms with Crippen molar-refractivity contribution in [2.24, 2.45) is 0 Å². The molecule has 0 fully saturated rings. The van der Waals surface area contributed by atoms with Gasteiger partial charge in [0.2, 0.25) is 0 Å². The molecule has 20 heavy (non-hydrogen) atoms. The van der Waals surface area contributed by atoms with Crippen LogP contribution >= 0.6 is 11.6 Å². The van der Waals surface area contributed by atoms with Crippen LogP contribution in [0.5, 0.6) is 0 Å². The predicted octanol–water partition coefficient (Wildman–Crippen LogP) is 4.03. The first-order valence-corrected chi connectivity index (χ1v) is 6.36. The van der Waals surface area contributed by atoms with Crippen molar-refractivity contribution in [1.29, 1.82) is 0 Å². The number of anilines is 1. The summed E-state index contributed by atoms with van der Waals surface area (Å²) in [4.78, 5) is 11.4. The van der Waals surface area contributed by atoms with Crippen LogP contribution in [0.3, 0.4) is 0 Å². The zero-order chi connectivity index (χ0) is 14.7. The van der Waals surface area contributed by atoms with Crippen molar-refractivity contribution >= 4 is 23.3 Å². The number of benzene rings is 2. The molecule has 0 bridgehead atoms. The first-order chi connectivity index (χ1) is 9.47. The Morgan fingerprint density at radius 3 is 2.45 bits per heavy atom. The lowest BCUT2D eigenvalue weighted by Gasteiger charge is -2.16. The molecule has 2 aromatic carbocycles. The van der Waals surface area contributed by atoms with Crippen LogP contribution in [0.2, 0.25) is 5.02 Å². The largest absolute Gasteiger partial charge is 0.479 e. The van der Waals surface area contributed by atoms with E-state index in [2.05, 4.69) is 5.32 Å². The fraction of sp³-hybridized carbons (Fsp3) is 0.133. The molecule has 0 spiro atoms. The zero-order valence-corrected chi connectivity index (χ0v) is 11.5. The molecule has 104 valence electrons. The molecular weight excluding hydrogens is 281 g/mol. The summed E-state index contributed by atoms with van der Waals surface area (Å²) in [7, 11) is 0. The van der Waals surface area contributed by atoms with Gasteiger partial charge in [-0.15, -0.1) is 0 Å². The minimum Gasteiger partial charge on any atom is -0.479 e. The molecule has 2 rings (SSSR count). The maximum absolute atomic E-state index is 13.1. The number of carboxylic acids is 1. The summed E-state index contributed by atoms with van der Waals surface area (Å²) < 4.78 is 13.1. The first kappa shape index (κ1) is 14.3. The third kappa shape index (κ3) is 3.27. The minimum absolute atomic E-state index is 0.0977. The molecule has 0 saturated carbocycles. The molecule has 1 unspecified atom stereocenters. The second-order valence-electron chi connectivity index (χ2n) is 4.46. The van der Waals surface area contributed by atoms with Crippen molar-refractivity contribution in [1.82, 2.24) is 0 Å². The fourth-order valence-electron chi connectivity index (χ4n) is 1.80. The molecule has 0 heterocycles. The summed E-state index contributed by atoms with van der Waals surface area (Å²) in [6.45, 7) is 1.94. The van der Waals surface area contributed by atoms with E-state index in [1.807, 2.05) is 19.1 Å². The lowest BCUT2D eigenvalue weighted by molar-refractivity contribution is -0.138. The summed E-state index contributed by atoms with van der Waals surface area (Å²) in [5.41, 5.74) is 2.14. The Morgan fingerprint density at radius 1 is 1.25 bits per heavy atom. The van der Waals surface area contributed by atoms with E-state index in [0.717, 1.165) is 11.6 Å². The average molecular weight is 294 g/mol. The Kier molecular flexibility index (Phi) is 4.25. The average Bonchev–Trinajstić information content (AvgIpc) is 2.41. The molecule has 5 heteroatoms. The van der Waals surface area contributed by atoms with Gasteiger partial charge in [-0.1, -0.05) is 35.4 Å². The molecule has 2 aromatic rings. The van der Waals surface area contributed by atoms with Crippen LogP contribution in [-0.4, -0.2) is 11.1 Å². The van der Waals surface area contributed by atoms with Gasteiger partial charge < -0.3 is 10.4 Å². The number of aliphatic carboxylic acids is 1. The second kappa shape index (κ2) is 5.92. The van der Waals surface area contributed by atoms with Crippen LogP contribution in [0.1, 0.15) is 17.2 Å². The third-order valence-corrected chi connectivity index (χ3v) is 3.18. The van der Waals surface area contributed by atoms with Crippen LogP contribution in [0.25, 0.3) is 0 Å². The fourth-order valence-corrected chi connectivity index (χ4v) is 1.99. The van der Waals surface area contributed by atoms with E-state index in [0.29, 0.717) is 11.3 Å². The van der Waals surface area contributed by atoms with Gasteiger partial charge in [0.25, 0.3) is 0 Å². The molecule has 0 aliphatic heterocycles. The quantitative estimate of drug-likeness (QED) is 0.895. The van der Waals surface area contributed by atoms with Gasteiger partial charge in [-0.05, 0) is 36.8 Å². The molecule has 0 aliphatic rings. The lowest BCUT2D eigenvalue weighted by atomic mass is 10.1. The lowest BCUT2D eigenvalue weighted by Crippen LogP contribution is -2.20. The van der Waals surface area contributed by atoms with Gasteiger partial charge in [-0.25, -0.2) is 9.18 Å². The van der Waals surface area contributed by atoms with E-state index in [9.17, 15) is 14.3 Å². The second-order valence-corrected chi connectivity index (χ2v) is 4.86. The Morgan fingerprint density at radius 2 is 1.90 bits per heavy atom. The molecule has 3 nitrogen and oxygen atoms in total. The third-order valence-electron chi connectivity index (χ3n) is 2.89. The van der Waals surface area contributed by atoms with Gasteiger partial charge in [-0.2, -0.15) is 0 Å². The molecular formula is C15H13ClFNO2. The van der Waals surface area contributed by atoms with E-state index in [1.54, 1.807) is 12.1 Å². The van der Waals surface area contributed by atoms with Gasteiger partial charge in [0.05, 0.1) is 5.02 Å². The Balaban J connectivity index is 2.29. The van der Waals surface area contributed by atoms with Crippen molar-refractivity contribution in [3.05, 3.63) is 64.4 Å². The molecule has 0 saturated heterocycles. The Labute approximate surface area is 121 Å². The Bertz CT molecular complexity index is 628. The number of carbonyl (C=O) groups is 1. The number of aryl methyl sites for hydroxylation is 1. The van der Waals surface area contributed by atoms with Crippen molar-refractivity contribution < 1.29 is 14.3 Å². The zero-order valence-electron chi connectivity index (χ0n) is 10.7. The minimum atomic E-state index is -1.06. The topological polar surface area (TPSA) is 49.3 Å². The summed E-state index contributed by atoms with van der Waals surface area (Å²) in [5.74, 6) is -1.64. The van der Waals surface area contributed by atoms with Crippen LogP contribution < -0.4 is 5.32 Å². The van der Waals surface area contributed by atoms with Gasteiger partial charge in [0.15, 0.2) is 6.04 Å². The monoisotopic (exact) mass is 293 g/mol. The maximum Gasteiger partial charge on any atom is 0.330 e. The first-order valence-electron chi connectivity index (χ1n) is 5.98. The molecule has 2 N–H and O–H groups in total. The molecule has 1 atom stereocenters. The highest BCUT2D eigenvalue weighted by molar-refractivity contribution is 6.30. The summed E-state index contributed by atoms with van der Waals surface area (Å²) in [6.07, 6.45) is 0. The van der Waals surface area contributed by atoms with Gasteiger partial charge in [-0.3, -0.25) is 0 Å². The van der Waals surface area contributed by atoms with Crippen LogP contribution in [0, 0.1) is 12.7 Å². The van der Waals surface area contributed by atoms with Gasteiger partial charge in [0.1, 0.15) is 5.82 Å². The van der Waals surface area contributed by atoms with Crippen LogP contribution in [0.4, 0.5) is 10.1 Å². The van der Waals surface area contributed by atoms with E-state index >= 15 is 0 Å². The highest BCUT2D eigenvalue weighted by Gasteiger charge is 2.20. The highest BCUT2D eigenvalue weighted by atomic mass is 35.5. The van der Waals surface area contributed by atoms with Crippen LogP contribution in [-0.2, 0) is 4.79 Å². The van der Waals surface area contributed by atoms with E-state index in [4.69, 9.17) is 11.6 Å². The number of hydrogen-bond donors (Lipinski definition) is 2. The number of hydrogen-bond acceptors (Lipinski definition) is 2. The highest BCUT2D eigenvalue weighted by Crippen LogP contribution is 2.24. The summed E-state index contributed by atoms with van der Waals surface area (Å²) >= 11 is 5.69. The smallest absolute Gasteiger partial charge is 0.330 e. The number of rotatable bonds is 4. The SMILES string of the molecule is Cc1ccc(NC(C(=O)O)c2ccc(F)c(Cl)c2)cc1. The van der Waals surface area contributed by atoms with Crippen molar-refractivity contribution in [3.63, 3.8) is 0 Å². The van der Waals surface area contributed by atoms with Crippen LogP contribution in [0.15, 0.2) is 42.5 Å². The van der Waals surface area contributed by atoms with Gasteiger partial charge in [0, 0.05) is 5.69 Å². The number of halogens is 2. The summed E-state index contributed by atoms with van der Waals surface area (Å²) in [5, 5.41) is 12.1.